The molecule has 1 heterocycles. The van der Waals surface area contributed by atoms with E-state index in [2.05, 4.69) is 0 Å². The Morgan fingerprint density at radius 1 is 1.15 bits per heavy atom. The lowest BCUT2D eigenvalue weighted by molar-refractivity contribution is -0.161. The quantitative estimate of drug-likeness (QED) is 0.693. The third-order valence-corrected chi connectivity index (χ3v) is 4.11. The summed E-state index contributed by atoms with van der Waals surface area (Å²) in [5, 5.41) is 0. The van der Waals surface area contributed by atoms with Crippen molar-refractivity contribution in [3.63, 3.8) is 0 Å². The van der Waals surface area contributed by atoms with Crippen molar-refractivity contribution in [2.45, 2.75) is 39.3 Å². The maximum Gasteiger partial charge on any atom is 0.406 e. The second-order valence-corrected chi connectivity index (χ2v) is 6.35. The fourth-order valence-corrected chi connectivity index (χ4v) is 2.93. The number of nitrogens with zero attached hydrogens (tertiary/aromatic N) is 2. The van der Waals surface area contributed by atoms with E-state index in [1.807, 2.05) is 6.92 Å². The first-order valence-electron chi connectivity index (χ1n) is 8.45. The maximum absolute atomic E-state index is 12.6. The minimum absolute atomic E-state index is 0.00309. The largest absolute Gasteiger partial charge is 0.406 e. The second-order valence-electron chi connectivity index (χ2n) is 6.35. The molecule has 26 heavy (non-hydrogen) atoms. The molecule has 3 amide bonds. The molecule has 0 unspecified atom stereocenters. The molecule has 0 saturated carbocycles. The third-order valence-electron chi connectivity index (χ3n) is 4.11. The molecule has 0 saturated heterocycles. The predicted octanol–water partition coefficient (Wildman–Crippen LogP) is 3.17. The molecule has 1 aromatic rings. The van der Waals surface area contributed by atoms with Crippen LogP contribution in [0.4, 0.5) is 13.2 Å². The van der Waals surface area contributed by atoms with Crippen molar-refractivity contribution in [3.8, 4) is 0 Å². The Kier molecular flexibility index (Phi) is 6.05. The van der Waals surface area contributed by atoms with Gasteiger partial charge in [-0.05, 0) is 31.9 Å². The second kappa shape index (κ2) is 7.88. The molecule has 0 atom stereocenters. The van der Waals surface area contributed by atoms with Gasteiger partial charge in [0.1, 0.15) is 6.54 Å². The van der Waals surface area contributed by atoms with Crippen molar-refractivity contribution in [1.82, 2.24) is 9.80 Å². The SMILES string of the molecule is CCCN(CC(F)(F)F)C(=O)CCCN1C(=O)c2ccc(C)cc2C1=O. The molecule has 0 aromatic heterocycles. The minimum Gasteiger partial charge on any atom is -0.334 e. The highest BCUT2D eigenvalue weighted by atomic mass is 19.4. The molecule has 142 valence electrons. The van der Waals surface area contributed by atoms with E-state index in [9.17, 15) is 27.6 Å². The van der Waals surface area contributed by atoms with Crippen LogP contribution < -0.4 is 0 Å². The van der Waals surface area contributed by atoms with Crippen molar-refractivity contribution in [2.24, 2.45) is 0 Å². The molecule has 1 aromatic carbocycles. The van der Waals surface area contributed by atoms with Gasteiger partial charge in [0.05, 0.1) is 11.1 Å². The molecule has 1 aliphatic rings. The van der Waals surface area contributed by atoms with Crippen molar-refractivity contribution < 1.29 is 27.6 Å². The van der Waals surface area contributed by atoms with Gasteiger partial charge in [-0.2, -0.15) is 13.2 Å². The fourth-order valence-electron chi connectivity index (χ4n) is 2.93. The first kappa shape index (κ1) is 19.9. The Morgan fingerprint density at radius 2 is 1.81 bits per heavy atom. The normalized spacial score (nSPS) is 14.0. The van der Waals surface area contributed by atoms with Crippen molar-refractivity contribution in [1.29, 1.82) is 0 Å². The number of halogens is 3. The van der Waals surface area contributed by atoms with E-state index in [0.29, 0.717) is 17.5 Å². The number of aryl methyl sites for hydroxylation is 1. The standard InChI is InChI=1S/C18H21F3N2O3/c1-3-8-22(11-18(19,20)21)15(24)5-4-9-23-16(25)13-7-6-12(2)10-14(13)17(23)26/h6-7,10H,3-5,8-9,11H2,1-2H3. The highest BCUT2D eigenvalue weighted by molar-refractivity contribution is 6.21. The minimum atomic E-state index is -4.45. The van der Waals surface area contributed by atoms with E-state index < -0.39 is 30.4 Å². The molecule has 1 aliphatic heterocycles. The van der Waals surface area contributed by atoms with Crippen molar-refractivity contribution in [3.05, 3.63) is 34.9 Å². The molecule has 0 spiro atoms. The number of hydrogen-bond donors (Lipinski definition) is 0. The van der Waals surface area contributed by atoms with Gasteiger partial charge in [0, 0.05) is 19.5 Å². The van der Waals surface area contributed by atoms with Gasteiger partial charge in [0.25, 0.3) is 11.8 Å². The number of imide groups is 1. The van der Waals surface area contributed by atoms with Gasteiger partial charge in [-0.15, -0.1) is 0 Å². The summed E-state index contributed by atoms with van der Waals surface area (Å²) in [6.07, 6.45) is -4.06. The van der Waals surface area contributed by atoms with Gasteiger partial charge in [-0.25, -0.2) is 0 Å². The van der Waals surface area contributed by atoms with Gasteiger partial charge in [-0.1, -0.05) is 18.6 Å². The van der Waals surface area contributed by atoms with Gasteiger partial charge >= 0.3 is 6.18 Å². The zero-order valence-corrected chi connectivity index (χ0v) is 14.7. The van der Waals surface area contributed by atoms with Gasteiger partial charge in [0.15, 0.2) is 0 Å². The Morgan fingerprint density at radius 3 is 2.42 bits per heavy atom. The summed E-state index contributed by atoms with van der Waals surface area (Å²) in [6.45, 7) is 2.24. The van der Waals surface area contributed by atoms with E-state index in [1.165, 1.54) is 0 Å². The lowest BCUT2D eigenvalue weighted by Crippen LogP contribution is -2.40. The van der Waals surface area contributed by atoms with Crippen LogP contribution in [0.2, 0.25) is 0 Å². The Balaban J connectivity index is 1.94. The van der Waals surface area contributed by atoms with Crippen LogP contribution in [0.1, 0.15) is 52.5 Å². The first-order chi connectivity index (χ1) is 12.1. The molecule has 0 fully saturated rings. The monoisotopic (exact) mass is 370 g/mol. The summed E-state index contributed by atoms with van der Waals surface area (Å²) >= 11 is 0. The molecular formula is C18H21F3N2O3. The van der Waals surface area contributed by atoms with E-state index >= 15 is 0 Å². The summed E-state index contributed by atoms with van der Waals surface area (Å²) in [4.78, 5) is 38.5. The van der Waals surface area contributed by atoms with Crippen LogP contribution in [0, 0.1) is 6.92 Å². The van der Waals surface area contributed by atoms with E-state index in [0.717, 1.165) is 15.4 Å². The number of rotatable bonds is 7. The highest BCUT2D eigenvalue weighted by Gasteiger charge is 2.36. The number of fused-ring (bicyclic) bond motifs is 1. The van der Waals surface area contributed by atoms with Gasteiger partial charge < -0.3 is 4.90 Å². The molecule has 5 nitrogen and oxygen atoms in total. The lowest BCUT2D eigenvalue weighted by Gasteiger charge is -2.23. The fraction of sp³-hybridized carbons (Fsp3) is 0.500. The van der Waals surface area contributed by atoms with Crippen LogP contribution in [0.5, 0.6) is 0 Å². The molecule has 0 bridgehead atoms. The number of carbonyl (C=O) groups is 3. The van der Waals surface area contributed by atoms with Crippen LogP contribution in [0.3, 0.4) is 0 Å². The van der Waals surface area contributed by atoms with Crippen LogP contribution >= 0.6 is 0 Å². The molecule has 0 radical (unpaired) electrons. The lowest BCUT2D eigenvalue weighted by atomic mass is 10.1. The maximum atomic E-state index is 12.6. The van der Waals surface area contributed by atoms with Crippen LogP contribution in [-0.2, 0) is 4.79 Å². The van der Waals surface area contributed by atoms with Gasteiger partial charge in [0.2, 0.25) is 5.91 Å². The average Bonchev–Trinajstić information content (AvgIpc) is 2.77. The van der Waals surface area contributed by atoms with Crippen LogP contribution in [0.15, 0.2) is 18.2 Å². The number of carbonyl (C=O) groups excluding carboxylic acids is 3. The predicted molar refractivity (Wildman–Crippen MR) is 88.7 cm³/mol. The third kappa shape index (κ3) is 4.62. The summed E-state index contributed by atoms with van der Waals surface area (Å²) in [6, 6.07) is 4.95. The molecular weight excluding hydrogens is 349 g/mol. The van der Waals surface area contributed by atoms with E-state index in [1.54, 1.807) is 25.1 Å². The molecule has 0 N–H and O–H groups in total. The highest BCUT2D eigenvalue weighted by Crippen LogP contribution is 2.24. The van der Waals surface area contributed by atoms with E-state index in [4.69, 9.17) is 0 Å². The Labute approximate surface area is 149 Å². The van der Waals surface area contributed by atoms with Crippen LogP contribution in [-0.4, -0.2) is 53.3 Å². The zero-order chi connectivity index (χ0) is 19.5. The molecule has 8 heteroatoms. The summed E-state index contributed by atoms with van der Waals surface area (Å²) in [5.41, 5.74) is 1.49. The topological polar surface area (TPSA) is 57.7 Å². The Bertz CT molecular complexity index is 716. The van der Waals surface area contributed by atoms with Crippen LogP contribution in [0.25, 0.3) is 0 Å². The van der Waals surface area contributed by atoms with Crippen molar-refractivity contribution >= 4 is 17.7 Å². The average molecular weight is 370 g/mol. The molecule has 0 aliphatic carbocycles. The smallest absolute Gasteiger partial charge is 0.334 e. The zero-order valence-electron chi connectivity index (χ0n) is 14.7. The summed E-state index contributed by atoms with van der Waals surface area (Å²) in [7, 11) is 0. The van der Waals surface area contributed by atoms with Crippen molar-refractivity contribution in [2.75, 3.05) is 19.6 Å². The first-order valence-corrected chi connectivity index (χ1v) is 8.45. The Hall–Kier alpha value is -2.38. The number of benzene rings is 1. The van der Waals surface area contributed by atoms with Gasteiger partial charge in [-0.3, -0.25) is 19.3 Å². The van der Waals surface area contributed by atoms with E-state index in [-0.39, 0.29) is 25.9 Å². The number of alkyl halides is 3. The summed E-state index contributed by atoms with van der Waals surface area (Å²) in [5.74, 6) is -1.49. The number of amides is 3. The summed E-state index contributed by atoms with van der Waals surface area (Å²) < 4.78 is 37.7. The molecule has 2 rings (SSSR count). The number of hydrogen-bond acceptors (Lipinski definition) is 3.